The summed E-state index contributed by atoms with van der Waals surface area (Å²) in [6.07, 6.45) is -2.72. The summed E-state index contributed by atoms with van der Waals surface area (Å²) in [5, 5.41) is 0.852. The van der Waals surface area contributed by atoms with Crippen molar-refractivity contribution in [3.8, 4) is 0 Å². The number of esters is 1. The van der Waals surface area contributed by atoms with Crippen LogP contribution in [-0.4, -0.2) is 54.4 Å². The topological polar surface area (TPSA) is 102 Å². The fourth-order valence-corrected chi connectivity index (χ4v) is 3.51. The number of alkyl halides is 2. The molecule has 0 heterocycles. The Kier molecular flexibility index (Phi) is 8.10. The monoisotopic (exact) mass is 504 g/mol. The van der Waals surface area contributed by atoms with Crippen LogP contribution in [0.1, 0.15) is 37.0 Å². The van der Waals surface area contributed by atoms with Crippen molar-refractivity contribution in [1.29, 1.82) is 0 Å². The van der Waals surface area contributed by atoms with E-state index in [-0.39, 0.29) is 5.56 Å². The van der Waals surface area contributed by atoms with Crippen LogP contribution in [0.2, 0.25) is 0 Å². The molecule has 1 aromatic carbocycles. The van der Waals surface area contributed by atoms with Gasteiger partial charge in [0.25, 0.3) is 0 Å². The average molecular weight is 505 g/mol. The first-order valence-corrected chi connectivity index (χ1v) is 10.3. The number of ketones is 1. The van der Waals surface area contributed by atoms with E-state index in [1.807, 2.05) is 0 Å². The van der Waals surface area contributed by atoms with Gasteiger partial charge in [0, 0.05) is 28.9 Å². The van der Waals surface area contributed by atoms with Gasteiger partial charge in [0.2, 0.25) is 11.8 Å². The first kappa shape index (κ1) is 24.7. The lowest BCUT2D eigenvalue weighted by Crippen LogP contribution is -2.53. The predicted molar refractivity (Wildman–Crippen MR) is 108 cm³/mol. The lowest BCUT2D eigenvalue weighted by molar-refractivity contribution is -0.154. The summed E-state index contributed by atoms with van der Waals surface area (Å²) in [4.78, 5) is 49.1. The summed E-state index contributed by atoms with van der Waals surface area (Å²) < 4.78 is 38.4. The number of hydrazine groups is 1. The van der Waals surface area contributed by atoms with Crippen LogP contribution in [-0.2, 0) is 19.1 Å². The van der Waals surface area contributed by atoms with Crippen molar-refractivity contribution < 1.29 is 37.4 Å². The number of benzene rings is 1. The Morgan fingerprint density at radius 2 is 1.74 bits per heavy atom. The van der Waals surface area contributed by atoms with Crippen LogP contribution in [0.25, 0.3) is 0 Å². The number of carbonyl (C=O) groups is 4. The smallest absolute Gasteiger partial charge is 0.425 e. The maximum atomic E-state index is 14.1. The minimum absolute atomic E-state index is 0.286. The molecule has 2 rings (SSSR count). The highest BCUT2D eigenvalue weighted by molar-refractivity contribution is 9.10. The zero-order valence-corrected chi connectivity index (χ0v) is 18.8. The SMILES string of the molecule is COC(=O)NN(C(=O)C1CC(F)(F)CC1C(=O)OCC(=O)c1ccc(Br)cc1)C(C)C. The molecule has 1 aliphatic rings. The van der Waals surface area contributed by atoms with Crippen molar-refractivity contribution in [2.45, 2.75) is 38.7 Å². The molecule has 1 N–H and O–H groups in total. The lowest BCUT2D eigenvalue weighted by Gasteiger charge is -2.30. The Morgan fingerprint density at radius 3 is 2.29 bits per heavy atom. The summed E-state index contributed by atoms with van der Waals surface area (Å²) in [6.45, 7) is 2.48. The van der Waals surface area contributed by atoms with Crippen LogP contribution in [0.3, 0.4) is 0 Å². The van der Waals surface area contributed by atoms with Gasteiger partial charge < -0.3 is 9.47 Å². The Morgan fingerprint density at radius 1 is 1.16 bits per heavy atom. The molecule has 0 bridgehead atoms. The minimum Gasteiger partial charge on any atom is -0.457 e. The number of nitrogens with zero attached hydrogens (tertiary/aromatic N) is 1. The van der Waals surface area contributed by atoms with Crippen molar-refractivity contribution in [1.82, 2.24) is 10.4 Å². The Balaban J connectivity index is 2.11. The van der Waals surface area contributed by atoms with Gasteiger partial charge in [-0.25, -0.2) is 24.0 Å². The van der Waals surface area contributed by atoms with E-state index in [4.69, 9.17) is 4.74 Å². The molecular formula is C20H23BrF2N2O6. The number of methoxy groups -OCH3 is 1. The molecule has 11 heteroatoms. The third-order valence-electron chi connectivity index (χ3n) is 4.81. The third kappa shape index (κ3) is 6.46. The van der Waals surface area contributed by atoms with E-state index in [0.29, 0.717) is 0 Å². The highest BCUT2D eigenvalue weighted by Crippen LogP contribution is 2.44. The van der Waals surface area contributed by atoms with Crippen LogP contribution < -0.4 is 5.43 Å². The van der Waals surface area contributed by atoms with Gasteiger partial charge in [-0.05, 0) is 26.0 Å². The zero-order chi connectivity index (χ0) is 23.3. The van der Waals surface area contributed by atoms with E-state index < -0.39 is 67.0 Å². The first-order valence-electron chi connectivity index (χ1n) is 9.46. The Hall–Kier alpha value is -2.56. The second kappa shape index (κ2) is 10.2. The Bertz CT molecular complexity index is 847. The molecule has 2 amide bonds. The second-order valence-corrected chi connectivity index (χ2v) is 8.34. The van der Waals surface area contributed by atoms with E-state index in [2.05, 4.69) is 26.1 Å². The van der Waals surface area contributed by atoms with Gasteiger partial charge in [-0.1, -0.05) is 28.1 Å². The van der Waals surface area contributed by atoms with Crippen molar-refractivity contribution >= 4 is 39.7 Å². The molecule has 2 unspecified atom stereocenters. The molecule has 0 spiro atoms. The van der Waals surface area contributed by atoms with E-state index in [9.17, 15) is 28.0 Å². The number of rotatable bonds is 6. The normalized spacial score (nSPS) is 19.6. The van der Waals surface area contributed by atoms with E-state index in [1.54, 1.807) is 26.0 Å². The van der Waals surface area contributed by atoms with Gasteiger partial charge >= 0.3 is 12.1 Å². The van der Waals surface area contributed by atoms with Gasteiger partial charge in [-0.3, -0.25) is 14.4 Å². The van der Waals surface area contributed by atoms with Crippen molar-refractivity contribution in [3.05, 3.63) is 34.3 Å². The van der Waals surface area contributed by atoms with E-state index in [0.717, 1.165) is 16.6 Å². The van der Waals surface area contributed by atoms with Crippen LogP contribution in [0.4, 0.5) is 13.6 Å². The average Bonchev–Trinajstić information content (AvgIpc) is 3.05. The van der Waals surface area contributed by atoms with Crippen molar-refractivity contribution in [2.75, 3.05) is 13.7 Å². The van der Waals surface area contributed by atoms with Gasteiger partial charge in [-0.2, -0.15) is 0 Å². The van der Waals surface area contributed by atoms with Crippen LogP contribution in [0, 0.1) is 11.8 Å². The molecule has 1 fully saturated rings. The number of nitrogens with one attached hydrogen (secondary N) is 1. The summed E-state index contributed by atoms with van der Waals surface area (Å²) in [5.74, 6) is -8.59. The quantitative estimate of drug-likeness (QED) is 0.362. The highest BCUT2D eigenvalue weighted by Gasteiger charge is 2.54. The van der Waals surface area contributed by atoms with Crippen LogP contribution in [0.5, 0.6) is 0 Å². The first-order chi connectivity index (χ1) is 14.4. The summed E-state index contributed by atoms with van der Waals surface area (Å²) in [5.41, 5.74) is 2.46. The minimum atomic E-state index is -3.27. The molecule has 0 aliphatic heterocycles. The fourth-order valence-electron chi connectivity index (χ4n) is 3.24. The molecule has 0 saturated heterocycles. The maximum Gasteiger partial charge on any atom is 0.425 e. The molecule has 1 saturated carbocycles. The molecule has 0 radical (unpaired) electrons. The number of halogens is 3. The number of carbonyl (C=O) groups excluding carboxylic acids is 4. The zero-order valence-electron chi connectivity index (χ0n) is 17.2. The number of ether oxygens (including phenoxy) is 2. The molecular weight excluding hydrogens is 482 g/mol. The van der Waals surface area contributed by atoms with E-state index in [1.165, 1.54) is 12.1 Å². The van der Waals surface area contributed by atoms with Gasteiger partial charge in [-0.15, -0.1) is 0 Å². The highest BCUT2D eigenvalue weighted by atomic mass is 79.9. The molecule has 170 valence electrons. The number of amides is 2. The maximum absolute atomic E-state index is 14.1. The summed E-state index contributed by atoms with van der Waals surface area (Å²) in [6, 6.07) is 5.73. The molecule has 2 atom stereocenters. The number of hydrogen-bond donors (Lipinski definition) is 1. The van der Waals surface area contributed by atoms with E-state index >= 15 is 0 Å². The van der Waals surface area contributed by atoms with Gasteiger partial charge in [0.15, 0.2) is 12.4 Å². The van der Waals surface area contributed by atoms with Crippen LogP contribution >= 0.6 is 15.9 Å². The summed E-state index contributed by atoms with van der Waals surface area (Å²) in [7, 11) is 1.09. The fraction of sp³-hybridized carbons (Fsp3) is 0.500. The lowest BCUT2D eigenvalue weighted by atomic mass is 9.94. The molecule has 1 aromatic rings. The number of Topliss-reactive ketones (excluding diaryl/α,β-unsaturated/α-hetero) is 1. The Labute approximate surface area is 186 Å². The second-order valence-electron chi connectivity index (χ2n) is 7.42. The molecule has 31 heavy (non-hydrogen) atoms. The van der Waals surface area contributed by atoms with Gasteiger partial charge in [0.05, 0.1) is 18.9 Å². The number of hydrogen-bond acceptors (Lipinski definition) is 6. The third-order valence-corrected chi connectivity index (χ3v) is 5.33. The molecule has 0 aromatic heterocycles. The molecule has 1 aliphatic carbocycles. The summed E-state index contributed by atoms with van der Waals surface area (Å²) >= 11 is 3.24. The largest absolute Gasteiger partial charge is 0.457 e. The molecule has 8 nitrogen and oxygen atoms in total. The van der Waals surface area contributed by atoms with Crippen molar-refractivity contribution in [2.24, 2.45) is 11.8 Å². The standard InChI is InChI=1S/C20H23BrF2N2O6/c1-11(2)25(24-19(29)30-3)17(27)14-8-20(22,23)9-15(14)18(28)31-10-16(26)12-4-6-13(21)7-5-12/h4-7,11,14-15H,8-10H2,1-3H3,(H,24,29). The van der Waals surface area contributed by atoms with Gasteiger partial charge in [0.1, 0.15) is 0 Å². The predicted octanol–water partition coefficient (Wildman–Crippen LogP) is 3.34. The van der Waals surface area contributed by atoms with Crippen LogP contribution in [0.15, 0.2) is 28.7 Å². The van der Waals surface area contributed by atoms with Crippen molar-refractivity contribution in [3.63, 3.8) is 0 Å².